The quantitative estimate of drug-likeness (QED) is 0.441. The number of nitrogens with one attached hydrogen (secondary N) is 2. The van der Waals surface area contributed by atoms with Crippen molar-refractivity contribution in [2.75, 3.05) is 41.7 Å². The van der Waals surface area contributed by atoms with Crippen LogP contribution in [0.5, 0.6) is 0 Å². The molecule has 2 N–H and O–H groups in total. The number of hydrogen-bond donors (Lipinski definition) is 2. The summed E-state index contributed by atoms with van der Waals surface area (Å²) in [5.74, 6) is 0.826. The Kier molecular flexibility index (Phi) is 7.77. The molecule has 0 spiro atoms. The lowest BCUT2D eigenvalue weighted by Crippen LogP contribution is -2.31. The van der Waals surface area contributed by atoms with Gasteiger partial charge in [-0.25, -0.2) is 9.78 Å². The molecule has 0 aliphatic carbocycles. The van der Waals surface area contributed by atoms with Crippen LogP contribution < -0.4 is 15.5 Å². The van der Waals surface area contributed by atoms with E-state index < -0.39 is 17.8 Å². The molecular weight excluding hydrogens is 479 g/mol. The minimum atomic E-state index is -4.42. The normalized spacial score (nSPS) is 14.9. The monoisotopic (exact) mass is 503 g/mol. The molecule has 1 saturated heterocycles. The molecule has 1 fully saturated rings. The van der Waals surface area contributed by atoms with Gasteiger partial charge in [-0.2, -0.15) is 13.2 Å². The first-order valence-corrected chi connectivity index (χ1v) is 11.6. The van der Waals surface area contributed by atoms with E-state index in [-0.39, 0.29) is 5.69 Å². The summed E-state index contributed by atoms with van der Waals surface area (Å²) in [5, 5.41) is 5.89. The van der Waals surface area contributed by atoms with Gasteiger partial charge in [0.25, 0.3) is 0 Å². The minimum Gasteiger partial charge on any atom is -0.355 e. The van der Waals surface area contributed by atoms with Crippen LogP contribution >= 0.6 is 11.6 Å². The summed E-state index contributed by atoms with van der Waals surface area (Å²) in [6.07, 6.45) is -1.85. The number of benzene rings is 2. The van der Waals surface area contributed by atoms with Crippen molar-refractivity contribution in [3.05, 3.63) is 83.0 Å². The molecule has 4 rings (SSSR count). The number of rotatable bonds is 5. The summed E-state index contributed by atoms with van der Waals surface area (Å²) in [5.41, 5.74) is 1.20. The van der Waals surface area contributed by atoms with Crippen LogP contribution in [0.3, 0.4) is 0 Å². The molecule has 10 heteroatoms. The zero-order chi connectivity index (χ0) is 24.8. The highest BCUT2D eigenvalue weighted by molar-refractivity contribution is 6.30. The molecule has 0 unspecified atom stereocenters. The van der Waals surface area contributed by atoms with Gasteiger partial charge in [-0.15, -0.1) is 0 Å². The first-order valence-electron chi connectivity index (χ1n) is 11.2. The van der Waals surface area contributed by atoms with E-state index >= 15 is 0 Å². The minimum absolute atomic E-state index is 0.257. The molecule has 2 aromatic carbocycles. The van der Waals surface area contributed by atoms with E-state index in [2.05, 4.69) is 25.4 Å². The van der Waals surface area contributed by atoms with Gasteiger partial charge in [0.15, 0.2) is 0 Å². The van der Waals surface area contributed by atoms with Gasteiger partial charge in [0.2, 0.25) is 0 Å². The van der Waals surface area contributed by atoms with Crippen molar-refractivity contribution in [3.63, 3.8) is 0 Å². The van der Waals surface area contributed by atoms with E-state index in [1.807, 2.05) is 30.3 Å². The predicted octanol–water partition coefficient (Wildman–Crippen LogP) is 6.11. The van der Waals surface area contributed by atoms with Crippen LogP contribution in [0.2, 0.25) is 5.02 Å². The number of amides is 2. The van der Waals surface area contributed by atoms with E-state index in [1.54, 1.807) is 12.3 Å². The highest BCUT2D eigenvalue weighted by Crippen LogP contribution is 2.29. The van der Waals surface area contributed by atoms with Crippen LogP contribution in [0.4, 0.5) is 35.2 Å². The van der Waals surface area contributed by atoms with Gasteiger partial charge in [0.1, 0.15) is 5.82 Å². The Balaban J connectivity index is 1.28. The van der Waals surface area contributed by atoms with E-state index in [1.165, 1.54) is 17.7 Å². The number of halogens is 4. The molecular formula is C25H25ClF3N5O. The topological polar surface area (TPSA) is 60.5 Å². The molecule has 1 aromatic heterocycles. The van der Waals surface area contributed by atoms with Gasteiger partial charge in [-0.1, -0.05) is 23.7 Å². The third-order valence-electron chi connectivity index (χ3n) is 5.71. The number of carbonyl (C=O) groups is 1. The lowest BCUT2D eigenvalue weighted by atomic mass is 10.2. The third kappa shape index (κ3) is 7.10. The van der Waals surface area contributed by atoms with Crippen molar-refractivity contribution < 1.29 is 18.0 Å². The summed E-state index contributed by atoms with van der Waals surface area (Å²) >= 11 is 5.97. The Bertz CT molecular complexity index is 1120. The zero-order valence-electron chi connectivity index (χ0n) is 18.9. The molecule has 184 valence electrons. The summed E-state index contributed by atoms with van der Waals surface area (Å²) in [4.78, 5) is 21.3. The van der Waals surface area contributed by atoms with Crippen LogP contribution in [0.25, 0.3) is 0 Å². The largest absolute Gasteiger partial charge is 0.416 e. The molecule has 2 heterocycles. The fourth-order valence-corrected chi connectivity index (χ4v) is 4.02. The van der Waals surface area contributed by atoms with Crippen LogP contribution in [0.15, 0.2) is 66.9 Å². The number of carbonyl (C=O) groups excluding carboxylic acids is 1. The molecule has 3 aromatic rings. The van der Waals surface area contributed by atoms with Crippen molar-refractivity contribution in [1.29, 1.82) is 0 Å². The van der Waals surface area contributed by atoms with Gasteiger partial charge >= 0.3 is 12.2 Å². The van der Waals surface area contributed by atoms with Gasteiger partial charge in [-0.3, -0.25) is 4.90 Å². The number of pyridine rings is 1. The maximum Gasteiger partial charge on any atom is 0.416 e. The van der Waals surface area contributed by atoms with E-state index in [9.17, 15) is 18.0 Å². The second kappa shape index (κ2) is 11.0. The second-order valence-corrected chi connectivity index (χ2v) is 8.74. The van der Waals surface area contributed by atoms with Crippen LogP contribution in [0, 0.1) is 0 Å². The van der Waals surface area contributed by atoms with Crippen LogP contribution in [-0.2, 0) is 12.7 Å². The molecule has 0 radical (unpaired) electrons. The highest BCUT2D eigenvalue weighted by Gasteiger charge is 2.30. The molecule has 35 heavy (non-hydrogen) atoms. The summed E-state index contributed by atoms with van der Waals surface area (Å²) in [6.45, 7) is 4.48. The van der Waals surface area contributed by atoms with Gasteiger partial charge < -0.3 is 15.5 Å². The van der Waals surface area contributed by atoms with Crippen molar-refractivity contribution >= 4 is 34.8 Å². The molecule has 0 saturated carbocycles. The fourth-order valence-electron chi connectivity index (χ4n) is 3.89. The summed E-state index contributed by atoms with van der Waals surface area (Å²) in [7, 11) is 0. The standard InChI is InChI=1S/C25H25ClF3N5O/c26-20-6-2-18(3-7-20)17-33-12-1-13-34(15-14-33)23-11-10-22(16-30-23)32-24(35)31-21-8-4-19(5-9-21)25(27,28)29/h2-11,16H,1,12-15,17H2,(H2,31,32,35). The predicted molar refractivity (Wildman–Crippen MR) is 132 cm³/mol. The summed E-state index contributed by atoms with van der Waals surface area (Å²) < 4.78 is 38.0. The van der Waals surface area contributed by atoms with Gasteiger partial charge in [0.05, 0.1) is 17.4 Å². The van der Waals surface area contributed by atoms with Crippen molar-refractivity contribution in [1.82, 2.24) is 9.88 Å². The number of nitrogens with zero attached hydrogens (tertiary/aromatic N) is 3. The van der Waals surface area contributed by atoms with Crippen molar-refractivity contribution in [2.24, 2.45) is 0 Å². The van der Waals surface area contributed by atoms with Gasteiger partial charge in [0, 0.05) is 43.4 Å². The highest BCUT2D eigenvalue weighted by atomic mass is 35.5. The number of hydrogen-bond acceptors (Lipinski definition) is 4. The molecule has 1 aliphatic heterocycles. The number of aromatic nitrogens is 1. The van der Waals surface area contributed by atoms with E-state index in [4.69, 9.17) is 11.6 Å². The lowest BCUT2D eigenvalue weighted by molar-refractivity contribution is -0.137. The molecule has 0 bridgehead atoms. The maximum absolute atomic E-state index is 12.7. The van der Waals surface area contributed by atoms with Crippen molar-refractivity contribution in [3.8, 4) is 0 Å². The average molecular weight is 504 g/mol. The first kappa shape index (κ1) is 24.8. The van der Waals surface area contributed by atoms with Gasteiger partial charge in [-0.05, 0) is 60.5 Å². The van der Waals surface area contributed by atoms with Crippen LogP contribution in [0.1, 0.15) is 17.5 Å². The second-order valence-electron chi connectivity index (χ2n) is 8.30. The maximum atomic E-state index is 12.7. The number of alkyl halides is 3. The Hall–Kier alpha value is -3.30. The van der Waals surface area contributed by atoms with E-state index in [0.717, 1.165) is 62.1 Å². The Morgan fingerprint density at radius 1 is 0.886 bits per heavy atom. The number of urea groups is 1. The molecule has 2 amide bonds. The fraction of sp³-hybridized carbons (Fsp3) is 0.280. The molecule has 6 nitrogen and oxygen atoms in total. The Morgan fingerprint density at radius 2 is 1.57 bits per heavy atom. The Morgan fingerprint density at radius 3 is 2.23 bits per heavy atom. The smallest absolute Gasteiger partial charge is 0.355 e. The van der Waals surface area contributed by atoms with E-state index in [0.29, 0.717) is 5.69 Å². The molecule has 1 aliphatic rings. The SMILES string of the molecule is O=C(Nc1ccc(C(F)(F)F)cc1)Nc1ccc(N2CCCN(Cc3ccc(Cl)cc3)CC2)nc1. The summed E-state index contributed by atoms with van der Waals surface area (Å²) in [6, 6.07) is 15.2. The lowest BCUT2D eigenvalue weighted by Gasteiger charge is -2.23. The first-order chi connectivity index (χ1) is 16.8. The van der Waals surface area contributed by atoms with Crippen LogP contribution in [-0.4, -0.2) is 42.1 Å². The average Bonchev–Trinajstić information content (AvgIpc) is 3.06. The number of anilines is 3. The zero-order valence-corrected chi connectivity index (χ0v) is 19.6. The van der Waals surface area contributed by atoms with Crippen molar-refractivity contribution in [2.45, 2.75) is 19.1 Å². The third-order valence-corrected chi connectivity index (χ3v) is 5.96. The Labute approximate surface area is 206 Å². The molecule has 0 atom stereocenters.